The van der Waals surface area contributed by atoms with Gasteiger partial charge in [-0.05, 0) is 50.0 Å². The number of hydrogen-bond donors (Lipinski definition) is 1. The van der Waals surface area contributed by atoms with Gasteiger partial charge in [-0.15, -0.1) is 0 Å². The number of aromatic nitrogens is 1. The van der Waals surface area contributed by atoms with Gasteiger partial charge in [0.15, 0.2) is 0 Å². The maximum absolute atomic E-state index is 13.5. The molecule has 0 bridgehead atoms. The van der Waals surface area contributed by atoms with Crippen molar-refractivity contribution >= 4 is 11.8 Å². The van der Waals surface area contributed by atoms with Crippen LogP contribution < -0.4 is 10.7 Å². The molecule has 2 heterocycles. The van der Waals surface area contributed by atoms with Crippen LogP contribution in [-0.2, 0) is 0 Å². The van der Waals surface area contributed by atoms with Gasteiger partial charge in [0.1, 0.15) is 11.1 Å². The number of amides is 2. The highest BCUT2D eigenvalue weighted by Gasteiger charge is 2.31. The maximum atomic E-state index is 13.5. The average molecular weight is 462 g/mol. The second kappa shape index (κ2) is 10.2. The molecule has 0 unspecified atom stereocenters. The fourth-order valence-corrected chi connectivity index (χ4v) is 5.49. The van der Waals surface area contributed by atoms with Gasteiger partial charge in [-0.1, -0.05) is 56.0 Å². The van der Waals surface area contributed by atoms with Crippen molar-refractivity contribution in [2.24, 2.45) is 0 Å². The molecular formula is C28H35N3O3. The Bertz CT molecular complexity index is 1070. The second-order valence-electron chi connectivity index (χ2n) is 10.2. The minimum absolute atomic E-state index is 0.111. The van der Waals surface area contributed by atoms with E-state index in [0.29, 0.717) is 19.0 Å². The van der Waals surface area contributed by atoms with Crippen LogP contribution in [0.25, 0.3) is 0 Å². The smallest absolute Gasteiger partial charge is 0.259 e. The highest BCUT2D eigenvalue weighted by atomic mass is 16.2. The van der Waals surface area contributed by atoms with Crippen LogP contribution in [0.1, 0.15) is 102 Å². The summed E-state index contributed by atoms with van der Waals surface area (Å²) in [6.07, 6.45) is 13.7. The lowest BCUT2D eigenvalue weighted by molar-refractivity contribution is 0.0710. The molecule has 180 valence electrons. The SMILES string of the molecule is O=C(NC1CCCCCC1)c1cn(C2CC2)cc(C(=O)N2CCC(c3ccccc3)CC2)c1=O. The highest BCUT2D eigenvalue weighted by molar-refractivity contribution is 5.99. The van der Waals surface area contributed by atoms with Crippen molar-refractivity contribution in [2.45, 2.75) is 82.2 Å². The fourth-order valence-electron chi connectivity index (χ4n) is 5.49. The Kier molecular flexibility index (Phi) is 6.84. The third kappa shape index (κ3) is 5.11. The molecule has 3 aliphatic rings. The molecule has 5 rings (SSSR count). The molecule has 6 nitrogen and oxygen atoms in total. The van der Waals surface area contributed by atoms with Crippen molar-refractivity contribution in [1.82, 2.24) is 14.8 Å². The van der Waals surface area contributed by atoms with Crippen LogP contribution >= 0.6 is 0 Å². The Morgan fingerprint density at radius 1 is 0.794 bits per heavy atom. The summed E-state index contributed by atoms with van der Waals surface area (Å²) in [5.41, 5.74) is 1.13. The molecule has 0 radical (unpaired) electrons. The normalized spacial score (nSPS) is 20.1. The Morgan fingerprint density at radius 3 is 2.09 bits per heavy atom. The van der Waals surface area contributed by atoms with Crippen molar-refractivity contribution < 1.29 is 9.59 Å². The van der Waals surface area contributed by atoms with Crippen molar-refractivity contribution in [3.8, 4) is 0 Å². The molecule has 1 saturated heterocycles. The Hall–Kier alpha value is -2.89. The summed E-state index contributed by atoms with van der Waals surface area (Å²) in [5, 5.41) is 3.10. The summed E-state index contributed by atoms with van der Waals surface area (Å²) in [6, 6.07) is 10.8. The number of pyridine rings is 1. The summed E-state index contributed by atoms with van der Waals surface area (Å²) in [6.45, 7) is 1.25. The Balaban J connectivity index is 1.34. The van der Waals surface area contributed by atoms with E-state index in [4.69, 9.17) is 0 Å². The monoisotopic (exact) mass is 461 g/mol. The van der Waals surface area contributed by atoms with Crippen molar-refractivity contribution in [3.63, 3.8) is 0 Å². The first kappa shape index (κ1) is 22.9. The quantitative estimate of drug-likeness (QED) is 0.659. The van der Waals surface area contributed by atoms with Gasteiger partial charge in [0.25, 0.3) is 11.8 Å². The number of nitrogens with one attached hydrogen (secondary N) is 1. The summed E-state index contributed by atoms with van der Waals surface area (Å²) in [5.74, 6) is -0.135. The molecule has 34 heavy (non-hydrogen) atoms. The second-order valence-corrected chi connectivity index (χ2v) is 10.2. The number of hydrogen-bond acceptors (Lipinski definition) is 3. The van der Waals surface area contributed by atoms with E-state index >= 15 is 0 Å². The molecule has 1 aromatic carbocycles. The third-order valence-corrected chi connectivity index (χ3v) is 7.73. The van der Waals surface area contributed by atoms with Crippen LogP contribution in [0.4, 0.5) is 0 Å². The minimum atomic E-state index is -0.432. The average Bonchev–Trinajstić information content (AvgIpc) is 3.73. The van der Waals surface area contributed by atoms with Gasteiger partial charge in [0, 0.05) is 37.6 Å². The summed E-state index contributed by atoms with van der Waals surface area (Å²) in [7, 11) is 0. The number of nitrogens with zero attached hydrogens (tertiary/aromatic N) is 2. The van der Waals surface area contributed by atoms with Gasteiger partial charge in [0.2, 0.25) is 5.43 Å². The van der Waals surface area contributed by atoms with E-state index in [1.165, 1.54) is 18.4 Å². The predicted molar refractivity (Wildman–Crippen MR) is 132 cm³/mol. The van der Waals surface area contributed by atoms with Crippen molar-refractivity contribution in [2.75, 3.05) is 13.1 Å². The van der Waals surface area contributed by atoms with Gasteiger partial charge < -0.3 is 14.8 Å². The van der Waals surface area contributed by atoms with E-state index in [0.717, 1.165) is 51.4 Å². The molecule has 0 atom stereocenters. The molecule has 2 amide bonds. The van der Waals surface area contributed by atoms with Crippen molar-refractivity contribution in [1.29, 1.82) is 0 Å². The topological polar surface area (TPSA) is 71.4 Å². The number of carbonyl (C=O) groups excluding carboxylic acids is 2. The lowest BCUT2D eigenvalue weighted by Crippen LogP contribution is -2.42. The van der Waals surface area contributed by atoms with Crippen LogP contribution in [0.3, 0.4) is 0 Å². The zero-order valence-electron chi connectivity index (χ0n) is 19.9. The summed E-state index contributed by atoms with van der Waals surface area (Å²) in [4.78, 5) is 41.7. The van der Waals surface area contributed by atoms with Crippen LogP contribution in [-0.4, -0.2) is 40.4 Å². The minimum Gasteiger partial charge on any atom is -0.349 e. The lowest BCUT2D eigenvalue weighted by Gasteiger charge is -2.32. The zero-order chi connectivity index (χ0) is 23.5. The summed E-state index contributed by atoms with van der Waals surface area (Å²) >= 11 is 0. The molecule has 0 spiro atoms. The van der Waals surface area contributed by atoms with E-state index < -0.39 is 5.43 Å². The van der Waals surface area contributed by atoms with Crippen LogP contribution in [0, 0.1) is 0 Å². The summed E-state index contributed by atoms with van der Waals surface area (Å²) < 4.78 is 1.92. The van der Waals surface area contributed by atoms with Gasteiger partial charge >= 0.3 is 0 Å². The first-order valence-electron chi connectivity index (χ1n) is 13.0. The highest BCUT2D eigenvalue weighted by Crippen LogP contribution is 2.35. The first-order valence-corrected chi connectivity index (χ1v) is 13.0. The van der Waals surface area contributed by atoms with E-state index in [2.05, 4.69) is 29.6 Å². The number of piperidine rings is 1. The Labute approximate surface area is 201 Å². The van der Waals surface area contributed by atoms with Crippen LogP contribution in [0.15, 0.2) is 47.5 Å². The number of benzene rings is 1. The standard InChI is InChI=1S/C28H35N3O3/c32-26-24(27(33)29-22-10-6-1-2-7-11-22)18-31(23-12-13-23)19-25(26)28(34)30-16-14-21(15-17-30)20-8-4-3-5-9-20/h3-5,8-9,18-19,21-23H,1-2,6-7,10-17H2,(H,29,33). The zero-order valence-corrected chi connectivity index (χ0v) is 19.9. The molecule has 2 saturated carbocycles. The van der Waals surface area contributed by atoms with E-state index in [-0.39, 0.29) is 35.0 Å². The molecule has 1 aromatic heterocycles. The van der Waals surface area contributed by atoms with Crippen LogP contribution in [0.2, 0.25) is 0 Å². The fraction of sp³-hybridized carbons (Fsp3) is 0.536. The molecule has 3 fully saturated rings. The van der Waals surface area contributed by atoms with E-state index in [9.17, 15) is 14.4 Å². The first-order chi connectivity index (χ1) is 16.6. The number of rotatable bonds is 5. The lowest BCUT2D eigenvalue weighted by atomic mass is 9.89. The largest absolute Gasteiger partial charge is 0.349 e. The molecule has 6 heteroatoms. The third-order valence-electron chi connectivity index (χ3n) is 7.73. The van der Waals surface area contributed by atoms with Crippen molar-refractivity contribution in [3.05, 3.63) is 69.6 Å². The molecule has 1 aliphatic heterocycles. The van der Waals surface area contributed by atoms with E-state index in [1.54, 1.807) is 17.3 Å². The Morgan fingerprint density at radius 2 is 1.44 bits per heavy atom. The van der Waals surface area contributed by atoms with Gasteiger partial charge in [-0.25, -0.2) is 0 Å². The van der Waals surface area contributed by atoms with Gasteiger partial charge in [0.05, 0.1) is 0 Å². The molecule has 2 aliphatic carbocycles. The van der Waals surface area contributed by atoms with Gasteiger partial charge in [-0.2, -0.15) is 0 Å². The number of likely N-dealkylation sites (tertiary alicyclic amines) is 1. The predicted octanol–water partition coefficient (Wildman–Crippen LogP) is 4.66. The molecule has 2 aromatic rings. The van der Waals surface area contributed by atoms with Crippen LogP contribution in [0.5, 0.6) is 0 Å². The van der Waals surface area contributed by atoms with E-state index in [1.807, 2.05) is 10.6 Å². The molecule has 1 N–H and O–H groups in total. The maximum Gasteiger partial charge on any atom is 0.259 e. The number of carbonyl (C=O) groups is 2. The molecular weight excluding hydrogens is 426 g/mol. The van der Waals surface area contributed by atoms with Gasteiger partial charge in [-0.3, -0.25) is 14.4 Å².